The Bertz CT molecular complexity index is 991. The van der Waals surface area contributed by atoms with Crippen LogP contribution in [0.25, 0.3) is 10.9 Å². The summed E-state index contributed by atoms with van der Waals surface area (Å²) < 4.78 is 26.9. The number of halogens is 3. The van der Waals surface area contributed by atoms with Gasteiger partial charge in [-0.25, -0.2) is 13.8 Å². The van der Waals surface area contributed by atoms with Crippen molar-refractivity contribution >= 4 is 49.2 Å². The van der Waals surface area contributed by atoms with Crippen LogP contribution in [-0.2, 0) is 11.3 Å². The van der Waals surface area contributed by atoms with E-state index in [1.807, 2.05) is 0 Å². The third-order valence-corrected chi connectivity index (χ3v) is 4.58. The number of amides is 1. The van der Waals surface area contributed by atoms with E-state index >= 15 is 0 Å². The van der Waals surface area contributed by atoms with Crippen LogP contribution in [0.5, 0.6) is 0 Å². The van der Waals surface area contributed by atoms with Crippen molar-refractivity contribution in [1.29, 1.82) is 0 Å². The van der Waals surface area contributed by atoms with Crippen LogP contribution in [0.4, 0.5) is 13.9 Å². The van der Waals surface area contributed by atoms with Crippen LogP contribution >= 0.6 is 27.3 Å². The number of hydrogen-bond donors (Lipinski definition) is 1. The number of alkyl halides is 2. The lowest BCUT2D eigenvalue weighted by molar-refractivity contribution is -0.116. The Balaban J connectivity index is 1.68. The van der Waals surface area contributed by atoms with Crippen molar-refractivity contribution in [3.63, 3.8) is 0 Å². The van der Waals surface area contributed by atoms with E-state index in [0.717, 1.165) is 4.47 Å². The van der Waals surface area contributed by atoms with Gasteiger partial charge < -0.3 is 5.32 Å². The molecule has 0 aliphatic rings. The molecule has 3 rings (SSSR count). The Morgan fingerprint density at radius 1 is 1.36 bits per heavy atom. The molecule has 2 heterocycles. The van der Waals surface area contributed by atoms with Crippen molar-refractivity contribution in [2.45, 2.75) is 19.4 Å². The van der Waals surface area contributed by atoms with Gasteiger partial charge in [0.2, 0.25) is 11.0 Å². The summed E-state index contributed by atoms with van der Waals surface area (Å²) in [4.78, 5) is 28.5. The highest BCUT2D eigenvalue weighted by molar-refractivity contribution is 9.10. The predicted molar refractivity (Wildman–Crippen MR) is 91.8 cm³/mol. The van der Waals surface area contributed by atoms with E-state index in [1.165, 1.54) is 10.9 Å². The number of benzene rings is 1. The van der Waals surface area contributed by atoms with E-state index in [9.17, 15) is 18.4 Å². The van der Waals surface area contributed by atoms with Crippen LogP contribution < -0.4 is 10.9 Å². The molecule has 0 saturated heterocycles. The van der Waals surface area contributed by atoms with Crippen molar-refractivity contribution in [2.75, 3.05) is 5.32 Å². The fourth-order valence-electron chi connectivity index (χ4n) is 2.07. The van der Waals surface area contributed by atoms with Crippen LogP contribution in [0.1, 0.15) is 17.9 Å². The smallest absolute Gasteiger partial charge is 0.291 e. The highest BCUT2D eigenvalue weighted by atomic mass is 79.9. The number of aryl methyl sites for hydroxylation is 1. The molecule has 0 bridgehead atoms. The maximum Gasteiger partial charge on any atom is 0.291 e. The first-order valence-electron chi connectivity index (χ1n) is 7.00. The minimum Gasteiger partial charge on any atom is -0.300 e. The average Bonchev–Trinajstić information content (AvgIpc) is 3.03. The Kier molecular flexibility index (Phi) is 5.13. The van der Waals surface area contributed by atoms with Crippen molar-refractivity contribution in [2.24, 2.45) is 0 Å². The van der Waals surface area contributed by atoms with Crippen LogP contribution in [0, 0.1) is 0 Å². The standard InChI is InChI=1S/C14H10BrF2N5O2S/c15-7-1-2-9-8(5-7)13(24)22(6-18-9)4-3-10(23)19-14-21-20-12(25-14)11(16)17/h1-2,5-6,11H,3-4H2,(H,19,21,23). The lowest BCUT2D eigenvalue weighted by atomic mass is 10.2. The number of fused-ring (bicyclic) bond motifs is 1. The summed E-state index contributed by atoms with van der Waals surface area (Å²) in [5, 5.41) is 9.10. The molecule has 1 amide bonds. The average molecular weight is 430 g/mol. The third-order valence-electron chi connectivity index (χ3n) is 3.24. The second-order valence-corrected chi connectivity index (χ2v) is 6.87. The highest BCUT2D eigenvalue weighted by Crippen LogP contribution is 2.25. The summed E-state index contributed by atoms with van der Waals surface area (Å²) in [5.74, 6) is -0.460. The number of nitrogens with zero attached hydrogens (tertiary/aromatic N) is 4. The van der Waals surface area contributed by atoms with E-state index < -0.39 is 17.3 Å². The van der Waals surface area contributed by atoms with Crippen LogP contribution in [0.15, 0.2) is 33.8 Å². The van der Waals surface area contributed by atoms with Gasteiger partial charge in [-0.1, -0.05) is 27.3 Å². The number of anilines is 1. The largest absolute Gasteiger partial charge is 0.300 e. The Hall–Kier alpha value is -2.27. The van der Waals surface area contributed by atoms with Gasteiger partial charge in [0.15, 0.2) is 5.01 Å². The number of nitrogens with one attached hydrogen (secondary N) is 1. The summed E-state index contributed by atoms with van der Waals surface area (Å²) >= 11 is 3.90. The number of hydrogen-bond acceptors (Lipinski definition) is 6. The van der Waals surface area contributed by atoms with Gasteiger partial charge in [-0.3, -0.25) is 14.2 Å². The van der Waals surface area contributed by atoms with Gasteiger partial charge in [-0.15, -0.1) is 10.2 Å². The van der Waals surface area contributed by atoms with E-state index in [1.54, 1.807) is 18.2 Å². The van der Waals surface area contributed by atoms with Crippen molar-refractivity contribution in [3.8, 4) is 0 Å². The Labute approximate surface area is 151 Å². The molecule has 0 saturated carbocycles. The van der Waals surface area contributed by atoms with E-state index in [0.29, 0.717) is 22.2 Å². The molecule has 0 aliphatic heterocycles. The molecule has 2 aromatic heterocycles. The van der Waals surface area contributed by atoms with Gasteiger partial charge in [-0.05, 0) is 18.2 Å². The number of aromatic nitrogens is 4. The first kappa shape index (κ1) is 17.5. The minimum atomic E-state index is -2.73. The van der Waals surface area contributed by atoms with Gasteiger partial charge >= 0.3 is 0 Å². The van der Waals surface area contributed by atoms with Gasteiger partial charge in [-0.2, -0.15) is 0 Å². The predicted octanol–water partition coefficient (Wildman–Crippen LogP) is 2.98. The summed E-state index contributed by atoms with van der Waals surface area (Å²) in [6, 6.07) is 5.16. The Morgan fingerprint density at radius 2 is 2.16 bits per heavy atom. The molecule has 0 radical (unpaired) electrons. The normalized spacial score (nSPS) is 11.2. The molecular weight excluding hydrogens is 420 g/mol. The van der Waals surface area contributed by atoms with Crippen molar-refractivity contribution < 1.29 is 13.6 Å². The molecular formula is C14H10BrF2N5O2S. The minimum absolute atomic E-state index is 0.00628. The fraction of sp³-hybridized carbons (Fsp3) is 0.214. The number of carbonyl (C=O) groups excluding carboxylic acids is 1. The molecule has 11 heteroatoms. The maximum absolute atomic E-state index is 12.4. The summed E-state index contributed by atoms with van der Waals surface area (Å²) in [5.41, 5.74) is 0.289. The van der Waals surface area contributed by atoms with Gasteiger partial charge in [0.1, 0.15) is 0 Å². The van der Waals surface area contributed by atoms with Gasteiger partial charge in [0, 0.05) is 17.4 Å². The molecule has 0 fully saturated rings. The second kappa shape index (κ2) is 7.31. The molecule has 0 aliphatic carbocycles. The zero-order valence-corrected chi connectivity index (χ0v) is 14.9. The summed E-state index contributed by atoms with van der Waals surface area (Å²) in [7, 11) is 0. The molecule has 0 unspecified atom stereocenters. The van der Waals surface area contributed by atoms with Gasteiger partial charge in [0.05, 0.1) is 17.2 Å². The first-order valence-corrected chi connectivity index (χ1v) is 8.61. The van der Waals surface area contributed by atoms with E-state index in [4.69, 9.17) is 0 Å². The quantitative estimate of drug-likeness (QED) is 0.673. The summed E-state index contributed by atoms with van der Waals surface area (Å²) in [6.07, 6.45) is -1.40. The molecule has 0 spiro atoms. The van der Waals surface area contributed by atoms with Crippen molar-refractivity contribution in [1.82, 2.24) is 19.7 Å². The molecule has 1 N–H and O–H groups in total. The second-order valence-electron chi connectivity index (χ2n) is 4.95. The zero-order valence-electron chi connectivity index (χ0n) is 12.4. The Morgan fingerprint density at radius 3 is 2.88 bits per heavy atom. The highest BCUT2D eigenvalue weighted by Gasteiger charge is 2.15. The van der Waals surface area contributed by atoms with Crippen LogP contribution in [-0.4, -0.2) is 25.7 Å². The summed E-state index contributed by atoms with van der Waals surface area (Å²) in [6.45, 7) is 0.0978. The van der Waals surface area contributed by atoms with Gasteiger partial charge in [0.25, 0.3) is 12.0 Å². The molecule has 130 valence electrons. The first-order chi connectivity index (χ1) is 11.9. The number of rotatable bonds is 5. The monoisotopic (exact) mass is 429 g/mol. The van der Waals surface area contributed by atoms with E-state index in [-0.39, 0.29) is 23.7 Å². The zero-order chi connectivity index (χ0) is 18.0. The SMILES string of the molecule is O=C(CCn1cnc2ccc(Br)cc2c1=O)Nc1nnc(C(F)F)s1. The fourth-order valence-corrected chi connectivity index (χ4v) is 3.04. The molecule has 3 aromatic rings. The molecule has 0 atom stereocenters. The van der Waals surface area contributed by atoms with E-state index in [2.05, 4.69) is 36.4 Å². The molecule has 1 aromatic carbocycles. The molecule has 7 nitrogen and oxygen atoms in total. The third kappa shape index (κ3) is 4.04. The topological polar surface area (TPSA) is 89.8 Å². The maximum atomic E-state index is 12.4. The lowest BCUT2D eigenvalue weighted by Crippen LogP contribution is -2.23. The van der Waals surface area contributed by atoms with Crippen LogP contribution in [0.2, 0.25) is 0 Å². The number of carbonyl (C=O) groups is 1. The lowest BCUT2D eigenvalue weighted by Gasteiger charge is -2.06. The van der Waals surface area contributed by atoms with Crippen molar-refractivity contribution in [3.05, 3.63) is 44.4 Å². The van der Waals surface area contributed by atoms with Crippen LogP contribution in [0.3, 0.4) is 0 Å². The molecule has 25 heavy (non-hydrogen) atoms.